The maximum Gasteiger partial charge on any atom is 0.136 e. The molecule has 0 aromatic heterocycles. The summed E-state index contributed by atoms with van der Waals surface area (Å²) >= 11 is 0. The van der Waals surface area contributed by atoms with Gasteiger partial charge in [0.2, 0.25) is 0 Å². The van der Waals surface area contributed by atoms with Crippen LogP contribution in [0.15, 0.2) is 23.8 Å². The minimum atomic E-state index is 0.522. The number of benzene rings is 1. The standard InChI is InChI=1S/C12H14N2O/c1-9(7-13)5-10-3-4-12(15-2)11(6-10)8-14/h3-6H,7,13H2,1-2H3. The van der Waals surface area contributed by atoms with Crippen LogP contribution in [0.4, 0.5) is 0 Å². The largest absolute Gasteiger partial charge is 0.495 e. The highest BCUT2D eigenvalue weighted by Crippen LogP contribution is 2.20. The second kappa shape index (κ2) is 5.18. The Morgan fingerprint density at radius 2 is 2.33 bits per heavy atom. The van der Waals surface area contributed by atoms with Crippen LogP contribution in [0.25, 0.3) is 6.08 Å². The van der Waals surface area contributed by atoms with Crippen LogP contribution < -0.4 is 10.5 Å². The Kier molecular flexibility index (Phi) is 3.90. The zero-order valence-corrected chi connectivity index (χ0v) is 8.95. The van der Waals surface area contributed by atoms with Gasteiger partial charge in [0, 0.05) is 6.54 Å². The molecular weight excluding hydrogens is 188 g/mol. The fraction of sp³-hybridized carbons (Fsp3) is 0.250. The van der Waals surface area contributed by atoms with Crippen molar-refractivity contribution in [2.45, 2.75) is 6.92 Å². The summed E-state index contributed by atoms with van der Waals surface area (Å²) in [7, 11) is 1.55. The van der Waals surface area contributed by atoms with Gasteiger partial charge >= 0.3 is 0 Å². The Hall–Kier alpha value is -1.79. The molecule has 0 heterocycles. The van der Waals surface area contributed by atoms with Crippen molar-refractivity contribution in [3.05, 3.63) is 34.9 Å². The van der Waals surface area contributed by atoms with Gasteiger partial charge in [0.1, 0.15) is 11.8 Å². The molecule has 3 nitrogen and oxygen atoms in total. The van der Waals surface area contributed by atoms with E-state index in [0.29, 0.717) is 17.9 Å². The van der Waals surface area contributed by atoms with Crippen molar-refractivity contribution in [3.8, 4) is 11.8 Å². The Balaban J connectivity index is 3.10. The third-order valence-electron chi connectivity index (χ3n) is 2.08. The molecule has 0 aliphatic rings. The minimum absolute atomic E-state index is 0.522. The molecule has 2 N–H and O–H groups in total. The average Bonchev–Trinajstić information content (AvgIpc) is 2.28. The number of hydrogen-bond donors (Lipinski definition) is 1. The van der Waals surface area contributed by atoms with Crippen LogP contribution in [0, 0.1) is 11.3 Å². The second-order valence-electron chi connectivity index (χ2n) is 3.27. The first kappa shape index (κ1) is 11.3. The van der Waals surface area contributed by atoms with Crippen molar-refractivity contribution in [2.75, 3.05) is 13.7 Å². The molecular formula is C12H14N2O. The molecule has 3 heteroatoms. The van der Waals surface area contributed by atoms with Crippen LogP contribution in [-0.4, -0.2) is 13.7 Å². The zero-order chi connectivity index (χ0) is 11.3. The number of hydrogen-bond acceptors (Lipinski definition) is 3. The molecule has 0 fully saturated rings. The molecule has 15 heavy (non-hydrogen) atoms. The molecule has 0 aliphatic heterocycles. The van der Waals surface area contributed by atoms with Crippen molar-refractivity contribution in [2.24, 2.45) is 5.73 Å². The first-order valence-electron chi connectivity index (χ1n) is 4.66. The van der Waals surface area contributed by atoms with Crippen molar-refractivity contribution >= 4 is 6.08 Å². The zero-order valence-electron chi connectivity index (χ0n) is 8.95. The first-order chi connectivity index (χ1) is 7.21. The van der Waals surface area contributed by atoms with Crippen molar-refractivity contribution in [3.63, 3.8) is 0 Å². The molecule has 0 aliphatic carbocycles. The maximum atomic E-state index is 8.89. The molecule has 1 aromatic rings. The van der Waals surface area contributed by atoms with Gasteiger partial charge in [-0.3, -0.25) is 0 Å². The van der Waals surface area contributed by atoms with Gasteiger partial charge < -0.3 is 10.5 Å². The monoisotopic (exact) mass is 202 g/mol. The smallest absolute Gasteiger partial charge is 0.136 e. The number of methoxy groups -OCH3 is 1. The predicted octanol–water partition coefficient (Wildman–Crippen LogP) is 1.93. The summed E-state index contributed by atoms with van der Waals surface area (Å²) in [6.45, 7) is 2.48. The van der Waals surface area contributed by atoms with Crippen LogP contribution in [-0.2, 0) is 0 Å². The molecule has 1 rings (SSSR count). The molecule has 0 saturated carbocycles. The van der Waals surface area contributed by atoms with Crippen LogP contribution in [0.1, 0.15) is 18.1 Å². The summed E-state index contributed by atoms with van der Waals surface area (Å²) in [6.07, 6.45) is 1.96. The van der Waals surface area contributed by atoms with E-state index in [1.54, 1.807) is 19.2 Å². The summed E-state index contributed by atoms with van der Waals surface area (Å²) in [5.74, 6) is 0.597. The number of nitrogens with two attached hydrogens (primary N) is 1. The van der Waals surface area contributed by atoms with E-state index in [1.807, 2.05) is 19.1 Å². The molecule has 0 atom stereocenters. The van der Waals surface area contributed by atoms with E-state index in [1.165, 1.54) is 0 Å². The van der Waals surface area contributed by atoms with Gasteiger partial charge in [-0.25, -0.2) is 0 Å². The van der Waals surface area contributed by atoms with Gasteiger partial charge in [-0.05, 0) is 24.6 Å². The second-order valence-corrected chi connectivity index (χ2v) is 3.27. The normalized spacial score (nSPS) is 10.9. The Morgan fingerprint density at radius 1 is 1.60 bits per heavy atom. The van der Waals surface area contributed by atoms with E-state index >= 15 is 0 Å². The highest BCUT2D eigenvalue weighted by Gasteiger charge is 2.01. The third-order valence-corrected chi connectivity index (χ3v) is 2.08. The Morgan fingerprint density at radius 3 is 2.87 bits per heavy atom. The lowest BCUT2D eigenvalue weighted by Gasteiger charge is -2.03. The van der Waals surface area contributed by atoms with E-state index in [9.17, 15) is 0 Å². The van der Waals surface area contributed by atoms with Crippen molar-refractivity contribution in [1.29, 1.82) is 5.26 Å². The first-order valence-corrected chi connectivity index (χ1v) is 4.66. The van der Waals surface area contributed by atoms with Crippen LogP contribution in [0.5, 0.6) is 5.75 Å². The van der Waals surface area contributed by atoms with Crippen LogP contribution >= 0.6 is 0 Å². The van der Waals surface area contributed by atoms with E-state index in [2.05, 4.69) is 6.07 Å². The molecule has 1 aromatic carbocycles. The molecule has 0 amide bonds. The van der Waals surface area contributed by atoms with E-state index in [-0.39, 0.29) is 0 Å². The summed E-state index contributed by atoms with van der Waals surface area (Å²) in [5, 5.41) is 8.89. The number of nitrogens with zero attached hydrogens (tertiary/aromatic N) is 1. The average molecular weight is 202 g/mol. The predicted molar refractivity (Wildman–Crippen MR) is 60.4 cm³/mol. The Bertz CT molecular complexity index is 416. The fourth-order valence-corrected chi connectivity index (χ4v) is 1.25. The quantitative estimate of drug-likeness (QED) is 0.814. The number of rotatable bonds is 3. The molecule has 0 radical (unpaired) electrons. The summed E-state index contributed by atoms with van der Waals surface area (Å²) in [4.78, 5) is 0. The van der Waals surface area contributed by atoms with Gasteiger partial charge in [-0.1, -0.05) is 17.7 Å². The third kappa shape index (κ3) is 2.83. The van der Waals surface area contributed by atoms with E-state index in [4.69, 9.17) is 15.7 Å². The van der Waals surface area contributed by atoms with Crippen molar-refractivity contribution < 1.29 is 4.74 Å². The highest BCUT2D eigenvalue weighted by molar-refractivity contribution is 5.58. The summed E-state index contributed by atoms with van der Waals surface area (Å²) < 4.78 is 5.05. The SMILES string of the molecule is COc1ccc(C=C(C)CN)cc1C#N. The highest BCUT2D eigenvalue weighted by atomic mass is 16.5. The van der Waals surface area contributed by atoms with Crippen molar-refractivity contribution in [1.82, 2.24) is 0 Å². The number of nitriles is 1. The van der Waals surface area contributed by atoms with E-state index in [0.717, 1.165) is 11.1 Å². The molecule has 0 spiro atoms. The van der Waals surface area contributed by atoms with Gasteiger partial charge in [0.15, 0.2) is 0 Å². The van der Waals surface area contributed by atoms with Gasteiger partial charge in [0.25, 0.3) is 0 Å². The number of ether oxygens (including phenoxy) is 1. The molecule has 0 unspecified atom stereocenters. The minimum Gasteiger partial charge on any atom is -0.495 e. The lowest BCUT2D eigenvalue weighted by Crippen LogP contribution is -1.99. The van der Waals surface area contributed by atoms with E-state index < -0.39 is 0 Å². The summed E-state index contributed by atoms with van der Waals surface area (Å²) in [5.41, 5.74) is 8.07. The molecule has 78 valence electrons. The van der Waals surface area contributed by atoms with Gasteiger partial charge in [-0.2, -0.15) is 5.26 Å². The molecule has 0 saturated heterocycles. The Labute approximate surface area is 89.8 Å². The topological polar surface area (TPSA) is 59.0 Å². The van der Waals surface area contributed by atoms with Crippen LogP contribution in [0.3, 0.4) is 0 Å². The lowest BCUT2D eigenvalue weighted by molar-refractivity contribution is 0.413. The summed E-state index contributed by atoms with van der Waals surface area (Å²) in [6, 6.07) is 7.57. The lowest BCUT2D eigenvalue weighted by atomic mass is 10.1. The van der Waals surface area contributed by atoms with Gasteiger partial charge in [-0.15, -0.1) is 0 Å². The fourth-order valence-electron chi connectivity index (χ4n) is 1.25. The van der Waals surface area contributed by atoms with Gasteiger partial charge in [0.05, 0.1) is 12.7 Å². The van der Waals surface area contributed by atoms with Crippen LogP contribution in [0.2, 0.25) is 0 Å². The molecule has 0 bridgehead atoms. The maximum absolute atomic E-state index is 8.89.